The molecule has 10 heteroatoms. The number of fused-ring (bicyclic) bond motifs is 1. The van der Waals surface area contributed by atoms with Crippen molar-refractivity contribution in [3.05, 3.63) is 45.1 Å². The first-order chi connectivity index (χ1) is 13.8. The summed E-state index contributed by atoms with van der Waals surface area (Å²) in [6.07, 6.45) is 4.36. The van der Waals surface area contributed by atoms with Crippen LogP contribution in [-0.2, 0) is 0 Å². The van der Waals surface area contributed by atoms with Gasteiger partial charge in [-0.05, 0) is 61.6 Å². The molecule has 0 radical (unpaired) electrons. The van der Waals surface area contributed by atoms with Crippen LogP contribution in [0.25, 0.3) is 5.52 Å². The van der Waals surface area contributed by atoms with E-state index in [1.807, 2.05) is 4.90 Å². The van der Waals surface area contributed by atoms with E-state index in [-0.39, 0.29) is 54.9 Å². The first-order valence-electron chi connectivity index (χ1n) is 10.1. The zero-order valence-corrected chi connectivity index (χ0v) is 18.8. The number of nitrogens with zero attached hydrogens (tertiary/aromatic N) is 2. The van der Waals surface area contributed by atoms with Crippen molar-refractivity contribution in [1.29, 1.82) is 0 Å². The van der Waals surface area contributed by atoms with E-state index in [1.54, 1.807) is 6.92 Å². The van der Waals surface area contributed by atoms with Crippen molar-refractivity contribution in [3.63, 3.8) is 0 Å². The summed E-state index contributed by atoms with van der Waals surface area (Å²) in [6, 6.07) is 1.29. The number of pyridine rings is 2. The minimum atomic E-state index is -1.30. The van der Waals surface area contributed by atoms with E-state index < -0.39 is 17.3 Å². The van der Waals surface area contributed by atoms with Gasteiger partial charge in [-0.15, -0.1) is 24.8 Å². The fourth-order valence-electron chi connectivity index (χ4n) is 4.65. The van der Waals surface area contributed by atoms with Gasteiger partial charge in [0.15, 0.2) is 5.82 Å². The Labute approximate surface area is 191 Å². The molecular formula is C21H28Cl2FN3O4. The molecule has 1 saturated heterocycles. The normalized spacial score (nSPS) is 20.8. The fraction of sp³-hybridized carbons (Fsp3) is 0.524. The van der Waals surface area contributed by atoms with Crippen molar-refractivity contribution >= 4 is 42.0 Å². The summed E-state index contributed by atoms with van der Waals surface area (Å²) in [4.78, 5) is 26.1. The highest BCUT2D eigenvalue weighted by atomic mass is 35.5. The summed E-state index contributed by atoms with van der Waals surface area (Å²) in [6.45, 7) is 2.95. The highest BCUT2D eigenvalue weighted by Crippen LogP contribution is 2.44. The number of carboxylic acid groups (broad SMARTS) is 1. The van der Waals surface area contributed by atoms with Gasteiger partial charge in [-0.1, -0.05) is 0 Å². The van der Waals surface area contributed by atoms with Gasteiger partial charge in [0.05, 0.1) is 17.4 Å². The number of anilines is 1. The molecule has 0 spiro atoms. The van der Waals surface area contributed by atoms with Gasteiger partial charge in [-0.2, -0.15) is 0 Å². The first kappa shape index (κ1) is 25.4. The molecule has 0 amide bonds. The Bertz CT molecular complexity index is 1040. The number of nitrogens with two attached hydrogens (primary N) is 1. The van der Waals surface area contributed by atoms with Crippen LogP contribution >= 0.6 is 24.8 Å². The second-order valence-corrected chi connectivity index (χ2v) is 8.24. The lowest BCUT2D eigenvalue weighted by Gasteiger charge is -2.39. The van der Waals surface area contributed by atoms with Crippen molar-refractivity contribution in [2.75, 3.05) is 24.6 Å². The van der Waals surface area contributed by atoms with Crippen molar-refractivity contribution < 1.29 is 19.4 Å². The molecule has 1 saturated carbocycles. The van der Waals surface area contributed by atoms with E-state index in [1.165, 1.54) is 6.07 Å². The van der Waals surface area contributed by atoms with Crippen molar-refractivity contribution in [1.82, 2.24) is 4.40 Å². The molecule has 4 N–H and O–H groups in total. The zero-order chi connectivity index (χ0) is 20.9. The van der Waals surface area contributed by atoms with E-state index in [4.69, 9.17) is 5.73 Å². The molecule has 2 aliphatic rings. The smallest absolute Gasteiger partial charge is 0.341 e. The lowest BCUT2D eigenvalue weighted by atomic mass is 9.89. The fourth-order valence-corrected chi connectivity index (χ4v) is 4.65. The van der Waals surface area contributed by atoms with Crippen LogP contribution in [0.15, 0.2) is 17.1 Å². The number of halogens is 3. The molecule has 1 aliphatic heterocycles. The highest BCUT2D eigenvalue weighted by molar-refractivity contribution is 5.89. The van der Waals surface area contributed by atoms with Crippen LogP contribution in [0.1, 0.15) is 53.1 Å². The van der Waals surface area contributed by atoms with E-state index in [9.17, 15) is 19.8 Å². The second kappa shape index (κ2) is 9.73. The van der Waals surface area contributed by atoms with Gasteiger partial charge in [0.25, 0.3) is 5.56 Å². The third kappa shape index (κ3) is 4.53. The molecule has 2 aromatic heterocycles. The molecule has 0 bridgehead atoms. The van der Waals surface area contributed by atoms with Crippen LogP contribution in [0, 0.1) is 18.7 Å². The van der Waals surface area contributed by atoms with Crippen molar-refractivity contribution in [2.24, 2.45) is 11.7 Å². The SMILES string of the molecule is Cc1c(N2CCC(CCO)[C@H](N)C2)c(F)cn2c(=O)c(C(=O)O)cc(C3CC3)c12.Cl.Cl. The van der Waals surface area contributed by atoms with Gasteiger partial charge in [-0.25, -0.2) is 9.18 Å². The first-order valence-corrected chi connectivity index (χ1v) is 10.1. The van der Waals surface area contributed by atoms with Gasteiger partial charge in [-0.3, -0.25) is 9.20 Å². The number of aromatic nitrogens is 1. The number of rotatable bonds is 5. The standard InChI is InChI=1S/C21H26FN3O4.2ClH/c1-11-18-14(12-2-3-12)8-15(21(28)29)20(27)25(18)9-16(22)19(11)24-6-4-13(5-7-26)17(23)10-24;;/h8-9,12-13,17,26H,2-7,10,23H2,1H3,(H,28,29);2*1H/t13?,17-;;/m1../s1. The van der Waals surface area contributed by atoms with Crippen LogP contribution < -0.4 is 16.2 Å². The molecule has 172 valence electrons. The molecule has 1 aliphatic carbocycles. The summed E-state index contributed by atoms with van der Waals surface area (Å²) in [5.41, 5.74) is 7.68. The van der Waals surface area contributed by atoms with Crippen molar-refractivity contribution in [3.8, 4) is 0 Å². The summed E-state index contributed by atoms with van der Waals surface area (Å²) in [7, 11) is 0. The number of piperidine rings is 1. The number of aliphatic hydroxyl groups excluding tert-OH is 1. The maximum atomic E-state index is 15.2. The molecule has 2 atom stereocenters. The summed E-state index contributed by atoms with van der Waals surface area (Å²) < 4.78 is 16.3. The number of hydrogen-bond donors (Lipinski definition) is 3. The van der Waals surface area contributed by atoms with Crippen LogP contribution in [0.2, 0.25) is 0 Å². The highest BCUT2D eigenvalue weighted by Gasteiger charge is 2.32. The molecule has 31 heavy (non-hydrogen) atoms. The minimum absolute atomic E-state index is 0. The molecule has 4 rings (SSSR count). The largest absolute Gasteiger partial charge is 0.477 e. The Kier molecular flexibility index (Phi) is 7.97. The Morgan fingerprint density at radius 2 is 1.97 bits per heavy atom. The van der Waals surface area contributed by atoms with E-state index in [0.29, 0.717) is 36.3 Å². The van der Waals surface area contributed by atoms with E-state index >= 15 is 4.39 Å². The van der Waals surface area contributed by atoms with Gasteiger partial charge < -0.3 is 20.8 Å². The van der Waals surface area contributed by atoms with Crippen LogP contribution in [0.5, 0.6) is 0 Å². The molecule has 1 unspecified atom stereocenters. The van der Waals surface area contributed by atoms with Gasteiger partial charge in [0, 0.05) is 25.7 Å². The average Bonchev–Trinajstić information content (AvgIpc) is 3.49. The molecule has 2 fully saturated rings. The van der Waals surface area contributed by atoms with Crippen LogP contribution in [0.3, 0.4) is 0 Å². The third-order valence-corrected chi connectivity index (χ3v) is 6.31. The van der Waals surface area contributed by atoms with E-state index in [2.05, 4.69) is 0 Å². The van der Waals surface area contributed by atoms with E-state index in [0.717, 1.165) is 35.4 Å². The summed E-state index contributed by atoms with van der Waals surface area (Å²) >= 11 is 0. The Balaban J connectivity index is 0.00000171. The Morgan fingerprint density at radius 3 is 2.52 bits per heavy atom. The number of carbonyl (C=O) groups is 1. The average molecular weight is 476 g/mol. The zero-order valence-electron chi connectivity index (χ0n) is 17.2. The molecule has 0 aromatic carbocycles. The van der Waals surface area contributed by atoms with Crippen LogP contribution in [-0.4, -0.2) is 46.3 Å². The predicted molar refractivity (Wildman–Crippen MR) is 122 cm³/mol. The van der Waals surface area contributed by atoms with Crippen LogP contribution in [0.4, 0.5) is 10.1 Å². The topological polar surface area (TPSA) is 108 Å². The van der Waals surface area contributed by atoms with Gasteiger partial charge in [0.1, 0.15) is 5.56 Å². The van der Waals surface area contributed by atoms with Gasteiger partial charge >= 0.3 is 5.97 Å². The maximum Gasteiger partial charge on any atom is 0.341 e. The number of aliphatic hydroxyl groups is 1. The quantitative estimate of drug-likeness (QED) is 0.613. The Morgan fingerprint density at radius 1 is 1.29 bits per heavy atom. The van der Waals surface area contributed by atoms with Crippen molar-refractivity contribution in [2.45, 2.75) is 44.6 Å². The number of hydrogen-bond acceptors (Lipinski definition) is 5. The predicted octanol–water partition coefficient (Wildman–Crippen LogP) is 2.70. The Hall–Kier alpha value is -1.87. The monoisotopic (exact) mass is 475 g/mol. The number of carboxylic acids is 1. The van der Waals surface area contributed by atoms with Gasteiger partial charge in [0.2, 0.25) is 0 Å². The second-order valence-electron chi connectivity index (χ2n) is 8.24. The lowest BCUT2D eigenvalue weighted by molar-refractivity contribution is 0.0694. The lowest BCUT2D eigenvalue weighted by Crippen LogP contribution is -2.49. The number of aromatic carboxylic acids is 1. The third-order valence-electron chi connectivity index (χ3n) is 6.31. The minimum Gasteiger partial charge on any atom is -0.477 e. The number of aryl methyl sites for hydroxylation is 1. The summed E-state index contributed by atoms with van der Waals surface area (Å²) in [5.74, 6) is -1.47. The molecular weight excluding hydrogens is 448 g/mol. The maximum absolute atomic E-state index is 15.2. The molecule has 3 heterocycles. The summed E-state index contributed by atoms with van der Waals surface area (Å²) in [5, 5.41) is 18.6. The molecule has 7 nitrogen and oxygen atoms in total. The molecule has 2 aromatic rings.